The summed E-state index contributed by atoms with van der Waals surface area (Å²) in [6.07, 6.45) is 6.56. The van der Waals surface area contributed by atoms with Crippen LogP contribution in [-0.2, 0) is 11.2 Å². The van der Waals surface area contributed by atoms with E-state index >= 15 is 0 Å². The van der Waals surface area contributed by atoms with Crippen LogP contribution in [0, 0.1) is 5.82 Å². The molecule has 0 atom stereocenters. The number of halogens is 1. The summed E-state index contributed by atoms with van der Waals surface area (Å²) in [7, 11) is 0. The summed E-state index contributed by atoms with van der Waals surface area (Å²) in [6, 6.07) is 16.7. The van der Waals surface area contributed by atoms with Crippen LogP contribution in [0.5, 0.6) is 0 Å². The van der Waals surface area contributed by atoms with E-state index in [1.807, 2.05) is 23.1 Å². The SMILES string of the molecule is O=C(CCc1ncc(-c2ccccc2F)o1)N1CCN(C/C=C/c2ccccc2)CC1. The molecular formula is C25H26FN3O2. The van der Waals surface area contributed by atoms with Gasteiger partial charge < -0.3 is 9.32 Å². The van der Waals surface area contributed by atoms with Crippen molar-refractivity contribution in [2.45, 2.75) is 12.8 Å². The molecule has 0 spiro atoms. The van der Waals surface area contributed by atoms with Crippen LogP contribution in [0.1, 0.15) is 17.9 Å². The average Bonchev–Trinajstić information content (AvgIpc) is 3.28. The summed E-state index contributed by atoms with van der Waals surface area (Å²) in [5, 5.41) is 0. The second-order valence-electron chi connectivity index (χ2n) is 7.59. The van der Waals surface area contributed by atoms with Crippen LogP contribution in [-0.4, -0.2) is 53.4 Å². The van der Waals surface area contributed by atoms with E-state index in [0.717, 1.165) is 32.7 Å². The molecule has 1 saturated heterocycles. The number of aryl methyl sites for hydroxylation is 1. The molecule has 2 heterocycles. The number of aromatic nitrogens is 1. The second kappa shape index (κ2) is 10.2. The van der Waals surface area contributed by atoms with Crippen LogP contribution >= 0.6 is 0 Å². The van der Waals surface area contributed by atoms with Gasteiger partial charge in [0.15, 0.2) is 11.7 Å². The molecule has 3 aromatic rings. The first-order chi connectivity index (χ1) is 15.2. The Bertz CT molecular complexity index is 1020. The fourth-order valence-corrected chi connectivity index (χ4v) is 3.67. The minimum absolute atomic E-state index is 0.102. The van der Waals surface area contributed by atoms with Gasteiger partial charge in [-0.15, -0.1) is 0 Å². The van der Waals surface area contributed by atoms with Gasteiger partial charge >= 0.3 is 0 Å². The number of hydrogen-bond donors (Lipinski definition) is 0. The van der Waals surface area contributed by atoms with Gasteiger partial charge in [-0.3, -0.25) is 9.69 Å². The topological polar surface area (TPSA) is 49.6 Å². The number of benzene rings is 2. The number of carbonyl (C=O) groups is 1. The van der Waals surface area contributed by atoms with Gasteiger partial charge in [0, 0.05) is 45.6 Å². The van der Waals surface area contributed by atoms with Crippen LogP contribution in [0.25, 0.3) is 17.4 Å². The molecule has 1 aromatic heterocycles. The van der Waals surface area contributed by atoms with Crippen LogP contribution in [0.3, 0.4) is 0 Å². The Balaban J connectivity index is 1.21. The molecule has 4 rings (SSSR count). The molecule has 1 aliphatic rings. The number of amides is 1. The molecule has 0 bridgehead atoms. The minimum Gasteiger partial charge on any atom is -0.441 e. The fourth-order valence-electron chi connectivity index (χ4n) is 3.67. The smallest absolute Gasteiger partial charge is 0.223 e. The largest absolute Gasteiger partial charge is 0.441 e. The van der Waals surface area contributed by atoms with Gasteiger partial charge in [-0.25, -0.2) is 9.37 Å². The molecule has 1 fully saturated rings. The molecule has 31 heavy (non-hydrogen) atoms. The van der Waals surface area contributed by atoms with Crippen molar-refractivity contribution in [3.8, 4) is 11.3 Å². The molecule has 0 aliphatic carbocycles. The van der Waals surface area contributed by atoms with Crippen molar-refractivity contribution in [1.82, 2.24) is 14.8 Å². The standard InChI is InChI=1S/C25H26FN3O2/c26-22-11-5-4-10-21(22)23-19-27-24(31-23)12-13-25(30)29-17-15-28(16-18-29)14-6-9-20-7-2-1-3-8-20/h1-11,19H,12-18H2/b9-6+. The maximum Gasteiger partial charge on any atom is 0.223 e. The second-order valence-corrected chi connectivity index (χ2v) is 7.59. The highest BCUT2D eigenvalue weighted by Crippen LogP contribution is 2.23. The third-order valence-corrected chi connectivity index (χ3v) is 5.44. The predicted octanol–water partition coefficient (Wildman–Crippen LogP) is 4.27. The predicted molar refractivity (Wildman–Crippen MR) is 119 cm³/mol. The first-order valence-electron chi connectivity index (χ1n) is 10.6. The molecule has 1 amide bonds. The molecule has 2 aromatic carbocycles. The Labute approximate surface area is 181 Å². The van der Waals surface area contributed by atoms with E-state index in [1.165, 1.54) is 17.8 Å². The highest BCUT2D eigenvalue weighted by molar-refractivity contribution is 5.76. The zero-order chi connectivity index (χ0) is 21.5. The number of rotatable bonds is 7. The normalized spacial score (nSPS) is 14.9. The number of oxazole rings is 1. The lowest BCUT2D eigenvalue weighted by Crippen LogP contribution is -2.48. The highest BCUT2D eigenvalue weighted by atomic mass is 19.1. The van der Waals surface area contributed by atoms with Crippen LogP contribution in [0.2, 0.25) is 0 Å². The summed E-state index contributed by atoms with van der Waals surface area (Å²) < 4.78 is 19.5. The first kappa shape index (κ1) is 21.0. The van der Waals surface area contributed by atoms with Gasteiger partial charge in [0.2, 0.25) is 5.91 Å². The Morgan fingerprint density at radius 1 is 1.03 bits per heavy atom. The minimum atomic E-state index is -0.349. The summed E-state index contributed by atoms with van der Waals surface area (Å²) in [5.41, 5.74) is 1.58. The fraction of sp³-hybridized carbons (Fsp3) is 0.280. The number of nitrogens with zero attached hydrogens (tertiary/aromatic N) is 3. The first-order valence-corrected chi connectivity index (χ1v) is 10.6. The van der Waals surface area contributed by atoms with Gasteiger partial charge in [0.05, 0.1) is 11.8 Å². The Hall–Kier alpha value is -3.25. The van der Waals surface area contributed by atoms with Crippen LogP contribution in [0.4, 0.5) is 4.39 Å². The van der Waals surface area contributed by atoms with E-state index in [4.69, 9.17) is 4.42 Å². The molecule has 0 N–H and O–H groups in total. The lowest BCUT2D eigenvalue weighted by Gasteiger charge is -2.34. The molecule has 6 heteroatoms. The Kier molecular flexibility index (Phi) is 6.89. The van der Waals surface area contributed by atoms with E-state index in [2.05, 4.69) is 34.2 Å². The van der Waals surface area contributed by atoms with Crippen molar-refractivity contribution >= 4 is 12.0 Å². The van der Waals surface area contributed by atoms with Crippen molar-refractivity contribution in [3.05, 3.63) is 84.1 Å². The van der Waals surface area contributed by atoms with Gasteiger partial charge in [0.25, 0.3) is 0 Å². The van der Waals surface area contributed by atoms with Crippen molar-refractivity contribution < 1.29 is 13.6 Å². The molecule has 0 unspecified atom stereocenters. The molecule has 160 valence electrons. The zero-order valence-corrected chi connectivity index (χ0v) is 17.4. The quantitative estimate of drug-likeness (QED) is 0.574. The van der Waals surface area contributed by atoms with Crippen molar-refractivity contribution in [3.63, 3.8) is 0 Å². The maximum atomic E-state index is 13.9. The zero-order valence-electron chi connectivity index (χ0n) is 17.4. The molecule has 1 aliphatic heterocycles. The molecule has 0 radical (unpaired) electrons. The lowest BCUT2D eigenvalue weighted by molar-refractivity contribution is -0.132. The van der Waals surface area contributed by atoms with E-state index in [9.17, 15) is 9.18 Å². The van der Waals surface area contributed by atoms with E-state index in [0.29, 0.717) is 30.1 Å². The van der Waals surface area contributed by atoms with Crippen molar-refractivity contribution in [1.29, 1.82) is 0 Å². The van der Waals surface area contributed by atoms with Gasteiger partial charge in [0.1, 0.15) is 5.82 Å². The average molecular weight is 420 g/mol. The van der Waals surface area contributed by atoms with Crippen LogP contribution in [0.15, 0.2) is 71.3 Å². The summed E-state index contributed by atoms with van der Waals surface area (Å²) >= 11 is 0. The monoisotopic (exact) mass is 419 g/mol. The third kappa shape index (κ3) is 5.67. The summed E-state index contributed by atoms with van der Waals surface area (Å²) in [5.74, 6) is 0.594. The van der Waals surface area contributed by atoms with E-state index < -0.39 is 0 Å². The van der Waals surface area contributed by atoms with Gasteiger partial charge in [-0.1, -0.05) is 54.6 Å². The Morgan fingerprint density at radius 3 is 2.55 bits per heavy atom. The van der Waals surface area contributed by atoms with Gasteiger partial charge in [-0.05, 0) is 17.7 Å². The van der Waals surface area contributed by atoms with E-state index in [1.54, 1.807) is 18.2 Å². The van der Waals surface area contributed by atoms with Crippen molar-refractivity contribution in [2.24, 2.45) is 0 Å². The molecule has 0 saturated carbocycles. The van der Waals surface area contributed by atoms with Crippen molar-refractivity contribution in [2.75, 3.05) is 32.7 Å². The number of carbonyl (C=O) groups excluding carboxylic acids is 1. The third-order valence-electron chi connectivity index (χ3n) is 5.44. The van der Waals surface area contributed by atoms with E-state index in [-0.39, 0.29) is 11.7 Å². The summed E-state index contributed by atoms with van der Waals surface area (Å²) in [6.45, 7) is 4.06. The highest BCUT2D eigenvalue weighted by Gasteiger charge is 2.21. The molecular weight excluding hydrogens is 393 g/mol. The number of piperazine rings is 1. The Morgan fingerprint density at radius 2 is 1.77 bits per heavy atom. The molecule has 5 nitrogen and oxygen atoms in total. The van der Waals surface area contributed by atoms with Gasteiger partial charge in [-0.2, -0.15) is 0 Å². The number of hydrogen-bond acceptors (Lipinski definition) is 4. The lowest BCUT2D eigenvalue weighted by atomic mass is 10.2. The maximum absolute atomic E-state index is 13.9. The summed E-state index contributed by atoms with van der Waals surface area (Å²) in [4.78, 5) is 21.0. The van der Waals surface area contributed by atoms with Crippen LogP contribution < -0.4 is 0 Å².